The third-order valence-electron chi connectivity index (χ3n) is 2.19. The van der Waals surface area contributed by atoms with Gasteiger partial charge in [-0.3, -0.25) is 0 Å². The number of aromatic nitrogens is 1. The highest BCUT2D eigenvalue weighted by Gasteiger charge is 2.10. The summed E-state index contributed by atoms with van der Waals surface area (Å²) < 4.78 is 11.4. The molecule has 0 amide bonds. The molecule has 4 nitrogen and oxygen atoms in total. The van der Waals surface area contributed by atoms with Gasteiger partial charge in [-0.2, -0.15) is 0 Å². The Morgan fingerprint density at radius 3 is 2.67 bits per heavy atom. The number of nitrogens with zero attached hydrogens (tertiary/aromatic N) is 1. The second-order valence-electron chi connectivity index (χ2n) is 3.15. The molecular formula is C11H11NO3. The van der Waals surface area contributed by atoms with Gasteiger partial charge in [-0.25, -0.2) is 9.36 Å². The molecule has 1 aromatic heterocycles. The molecule has 1 heterocycles. The van der Waals surface area contributed by atoms with Crippen molar-refractivity contribution in [3.05, 3.63) is 46.8 Å². The van der Waals surface area contributed by atoms with Gasteiger partial charge in [-0.05, 0) is 19.1 Å². The van der Waals surface area contributed by atoms with Gasteiger partial charge in [-0.1, -0.05) is 12.1 Å². The molecule has 0 fully saturated rings. The Bertz CT molecular complexity index is 525. The van der Waals surface area contributed by atoms with Crippen molar-refractivity contribution in [3.63, 3.8) is 0 Å². The van der Waals surface area contributed by atoms with Gasteiger partial charge in [-0.15, -0.1) is 0 Å². The Kier molecular flexibility index (Phi) is 2.33. The lowest BCUT2D eigenvalue weighted by Crippen LogP contribution is -2.14. The molecule has 0 bridgehead atoms. The minimum Gasteiger partial charge on any atom is -0.495 e. The minimum absolute atomic E-state index is 0.406. The molecule has 4 heteroatoms. The van der Waals surface area contributed by atoms with E-state index in [4.69, 9.17) is 9.15 Å². The second kappa shape index (κ2) is 3.65. The molecule has 0 saturated heterocycles. The lowest BCUT2D eigenvalue weighted by Gasteiger charge is -2.08. The molecule has 15 heavy (non-hydrogen) atoms. The van der Waals surface area contributed by atoms with Crippen molar-refractivity contribution >= 4 is 0 Å². The number of rotatable bonds is 2. The summed E-state index contributed by atoms with van der Waals surface area (Å²) in [5.74, 6) is 0.237. The number of hydrogen-bond donors (Lipinski definition) is 0. The molecule has 0 radical (unpaired) electrons. The van der Waals surface area contributed by atoms with E-state index < -0.39 is 5.76 Å². The predicted octanol–water partition coefficient (Wildman–Crippen LogP) is 1.75. The standard InChI is InChI=1S/C11H11NO3/c1-8-7-15-11(13)12(8)9-5-3-4-6-10(9)14-2/h3-7H,1-2H3. The number of aryl methyl sites for hydroxylation is 1. The van der Waals surface area contributed by atoms with E-state index in [1.807, 2.05) is 18.2 Å². The summed E-state index contributed by atoms with van der Waals surface area (Å²) in [5.41, 5.74) is 1.43. The van der Waals surface area contributed by atoms with Crippen molar-refractivity contribution in [2.24, 2.45) is 0 Å². The number of benzene rings is 1. The highest BCUT2D eigenvalue weighted by Crippen LogP contribution is 2.21. The molecule has 0 spiro atoms. The molecular weight excluding hydrogens is 194 g/mol. The van der Waals surface area contributed by atoms with E-state index in [-0.39, 0.29) is 0 Å². The average Bonchev–Trinajstić information content (AvgIpc) is 2.59. The van der Waals surface area contributed by atoms with Crippen LogP contribution in [0.15, 0.2) is 39.7 Å². The fraction of sp³-hybridized carbons (Fsp3) is 0.182. The summed E-state index contributed by atoms with van der Waals surface area (Å²) in [4.78, 5) is 11.4. The van der Waals surface area contributed by atoms with Gasteiger partial charge < -0.3 is 9.15 Å². The van der Waals surface area contributed by atoms with Crippen molar-refractivity contribution in [3.8, 4) is 11.4 Å². The van der Waals surface area contributed by atoms with E-state index in [0.717, 1.165) is 5.69 Å². The third kappa shape index (κ3) is 1.54. The van der Waals surface area contributed by atoms with E-state index in [1.165, 1.54) is 10.8 Å². The quantitative estimate of drug-likeness (QED) is 0.750. The number of para-hydroxylation sites is 2. The van der Waals surface area contributed by atoms with Crippen molar-refractivity contribution in [1.82, 2.24) is 4.57 Å². The van der Waals surface area contributed by atoms with Crippen LogP contribution in [-0.2, 0) is 0 Å². The zero-order chi connectivity index (χ0) is 10.8. The maximum Gasteiger partial charge on any atom is 0.423 e. The van der Waals surface area contributed by atoms with Crippen LogP contribution in [0.3, 0.4) is 0 Å². The summed E-state index contributed by atoms with van der Waals surface area (Å²) in [6.45, 7) is 1.80. The van der Waals surface area contributed by atoms with E-state index in [2.05, 4.69) is 0 Å². The lowest BCUT2D eigenvalue weighted by atomic mass is 10.3. The average molecular weight is 205 g/mol. The Morgan fingerprint density at radius 1 is 1.33 bits per heavy atom. The molecule has 78 valence electrons. The Hall–Kier alpha value is -1.97. The number of hydrogen-bond acceptors (Lipinski definition) is 3. The van der Waals surface area contributed by atoms with E-state index in [1.54, 1.807) is 20.1 Å². The monoisotopic (exact) mass is 205 g/mol. The molecule has 0 aliphatic rings. The fourth-order valence-corrected chi connectivity index (χ4v) is 1.49. The normalized spacial score (nSPS) is 10.3. The van der Waals surface area contributed by atoms with Gasteiger partial charge in [0.05, 0.1) is 18.5 Å². The van der Waals surface area contributed by atoms with Crippen molar-refractivity contribution in [2.45, 2.75) is 6.92 Å². The summed E-state index contributed by atoms with van der Waals surface area (Å²) in [6.07, 6.45) is 1.43. The van der Waals surface area contributed by atoms with Gasteiger partial charge in [0.25, 0.3) is 0 Å². The Morgan fingerprint density at radius 2 is 2.07 bits per heavy atom. The van der Waals surface area contributed by atoms with Gasteiger partial charge in [0.1, 0.15) is 12.0 Å². The summed E-state index contributed by atoms with van der Waals surface area (Å²) >= 11 is 0. The van der Waals surface area contributed by atoms with Crippen LogP contribution in [-0.4, -0.2) is 11.7 Å². The van der Waals surface area contributed by atoms with Gasteiger partial charge >= 0.3 is 5.76 Å². The van der Waals surface area contributed by atoms with Crippen LogP contribution in [0.1, 0.15) is 5.69 Å². The molecule has 0 atom stereocenters. The fourth-order valence-electron chi connectivity index (χ4n) is 1.49. The van der Waals surface area contributed by atoms with Gasteiger partial charge in [0.15, 0.2) is 0 Å². The molecule has 2 aromatic rings. The Labute approximate surface area is 86.7 Å². The smallest absolute Gasteiger partial charge is 0.423 e. The van der Waals surface area contributed by atoms with Crippen LogP contribution in [0.5, 0.6) is 5.75 Å². The minimum atomic E-state index is -0.406. The van der Waals surface area contributed by atoms with Crippen molar-refractivity contribution in [1.29, 1.82) is 0 Å². The van der Waals surface area contributed by atoms with E-state index >= 15 is 0 Å². The molecule has 2 rings (SSSR count). The number of methoxy groups -OCH3 is 1. The molecule has 0 unspecified atom stereocenters. The maximum absolute atomic E-state index is 11.4. The number of ether oxygens (including phenoxy) is 1. The number of oxazole rings is 1. The van der Waals surface area contributed by atoms with Crippen molar-refractivity contribution in [2.75, 3.05) is 7.11 Å². The summed E-state index contributed by atoms with van der Waals surface area (Å²) in [5, 5.41) is 0. The van der Waals surface area contributed by atoms with Crippen molar-refractivity contribution < 1.29 is 9.15 Å². The van der Waals surface area contributed by atoms with Crippen LogP contribution in [0.4, 0.5) is 0 Å². The second-order valence-corrected chi connectivity index (χ2v) is 3.15. The van der Waals surface area contributed by atoms with Gasteiger partial charge in [0, 0.05) is 0 Å². The molecule has 0 aliphatic carbocycles. The van der Waals surface area contributed by atoms with Crippen LogP contribution in [0, 0.1) is 6.92 Å². The highest BCUT2D eigenvalue weighted by atomic mass is 16.5. The zero-order valence-electron chi connectivity index (χ0n) is 8.56. The van der Waals surface area contributed by atoms with Crippen LogP contribution < -0.4 is 10.5 Å². The SMILES string of the molecule is COc1ccccc1-n1c(C)coc1=O. The van der Waals surface area contributed by atoms with Crippen LogP contribution >= 0.6 is 0 Å². The lowest BCUT2D eigenvalue weighted by molar-refractivity contribution is 0.411. The van der Waals surface area contributed by atoms with E-state index in [9.17, 15) is 4.79 Å². The first-order valence-corrected chi connectivity index (χ1v) is 4.54. The highest BCUT2D eigenvalue weighted by molar-refractivity contribution is 5.47. The topological polar surface area (TPSA) is 44.4 Å². The van der Waals surface area contributed by atoms with Crippen LogP contribution in [0.25, 0.3) is 5.69 Å². The molecule has 1 aromatic carbocycles. The van der Waals surface area contributed by atoms with E-state index in [0.29, 0.717) is 11.4 Å². The van der Waals surface area contributed by atoms with Crippen LogP contribution in [0.2, 0.25) is 0 Å². The summed E-state index contributed by atoms with van der Waals surface area (Å²) in [7, 11) is 1.57. The predicted molar refractivity (Wildman–Crippen MR) is 55.6 cm³/mol. The molecule has 0 saturated carbocycles. The third-order valence-corrected chi connectivity index (χ3v) is 2.19. The maximum atomic E-state index is 11.4. The first kappa shape index (κ1) is 9.58. The largest absolute Gasteiger partial charge is 0.495 e. The van der Waals surface area contributed by atoms with Gasteiger partial charge in [0.2, 0.25) is 0 Å². The summed E-state index contributed by atoms with van der Waals surface area (Å²) in [6, 6.07) is 7.30. The first-order chi connectivity index (χ1) is 7.24. The zero-order valence-corrected chi connectivity index (χ0v) is 8.56. The molecule has 0 N–H and O–H groups in total. The first-order valence-electron chi connectivity index (χ1n) is 4.54. The molecule has 0 aliphatic heterocycles. The Balaban J connectivity index is 2.69.